The highest BCUT2D eigenvalue weighted by Gasteiger charge is 2.14. The van der Waals surface area contributed by atoms with E-state index < -0.39 is 0 Å². The van der Waals surface area contributed by atoms with Gasteiger partial charge in [0, 0.05) is 13.1 Å². The van der Waals surface area contributed by atoms with Crippen molar-refractivity contribution in [2.45, 2.75) is 44.7 Å². The Kier molecular flexibility index (Phi) is 4.52. The van der Waals surface area contributed by atoms with E-state index in [1.54, 1.807) is 6.33 Å². The van der Waals surface area contributed by atoms with Crippen molar-refractivity contribution in [3.8, 4) is 0 Å². The molecule has 0 atom stereocenters. The summed E-state index contributed by atoms with van der Waals surface area (Å²) in [4.78, 5) is 4.39. The largest absolute Gasteiger partial charge is 0.353 e. The molecule has 0 saturated heterocycles. The molecule has 0 unspecified atom stereocenters. The fourth-order valence-electron chi connectivity index (χ4n) is 2.17. The minimum absolute atomic E-state index is 0.468. The molecule has 18 heavy (non-hydrogen) atoms. The first-order valence-electron chi connectivity index (χ1n) is 6.40. The van der Waals surface area contributed by atoms with Crippen molar-refractivity contribution in [2.24, 2.45) is 17.9 Å². The van der Waals surface area contributed by atoms with Crippen molar-refractivity contribution in [3.63, 3.8) is 0 Å². The summed E-state index contributed by atoms with van der Waals surface area (Å²) in [6, 6.07) is 0.480. The lowest BCUT2D eigenvalue weighted by Crippen LogP contribution is -2.47. The van der Waals surface area contributed by atoms with Gasteiger partial charge < -0.3 is 9.88 Å². The van der Waals surface area contributed by atoms with Gasteiger partial charge in [0.25, 0.3) is 0 Å². The number of hydrogen-bond acceptors (Lipinski definition) is 4. The lowest BCUT2D eigenvalue weighted by atomic mass is 9.96. The summed E-state index contributed by atoms with van der Waals surface area (Å²) in [6.07, 6.45) is 7.92. The second-order valence-corrected chi connectivity index (χ2v) is 4.65. The van der Waals surface area contributed by atoms with Gasteiger partial charge in [0.05, 0.1) is 0 Å². The summed E-state index contributed by atoms with van der Waals surface area (Å²) >= 11 is 0. The Morgan fingerprint density at radius 1 is 1.50 bits per heavy atom. The standard InChI is InChI=1S/C11H21N7/c1-18-8-14-17-10(18)7-13-11(16-12)15-9-5-3-2-4-6-9/h8-9H,2-7,12H2,1H3,(H2,13,15,16). The molecule has 2 rings (SSSR count). The number of nitrogens with two attached hydrogens (primary N) is 1. The van der Waals surface area contributed by atoms with Gasteiger partial charge >= 0.3 is 0 Å². The van der Waals surface area contributed by atoms with Crippen molar-refractivity contribution in [2.75, 3.05) is 0 Å². The second kappa shape index (κ2) is 6.34. The van der Waals surface area contributed by atoms with E-state index in [1.807, 2.05) is 11.6 Å². The molecule has 1 aromatic rings. The van der Waals surface area contributed by atoms with Gasteiger partial charge in [-0.2, -0.15) is 0 Å². The summed E-state index contributed by atoms with van der Waals surface area (Å²) in [6.45, 7) is 0.468. The van der Waals surface area contributed by atoms with Crippen LogP contribution in [0.4, 0.5) is 0 Å². The maximum atomic E-state index is 5.48. The van der Waals surface area contributed by atoms with Crippen LogP contribution in [0.3, 0.4) is 0 Å². The first-order chi connectivity index (χ1) is 8.79. The van der Waals surface area contributed by atoms with Gasteiger partial charge in [-0.05, 0) is 12.8 Å². The molecule has 1 heterocycles. The van der Waals surface area contributed by atoms with Crippen molar-refractivity contribution >= 4 is 5.96 Å². The van der Waals surface area contributed by atoms with Gasteiger partial charge in [-0.3, -0.25) is 5.43 Å². The normalized spacial score (nSPS) is 17.8. The van der Waals surface area contributed by atoms with E-state index in [0.717, 1.165) is 5.82 Å². The molecule has 100 valence electrons. The summed E-state index contributed by atoms with van der Waals surface area (Å²) in [5.41, 5.74) is 2.61. The van der Waals surface area contributed by atoms with E-state index in [-0.39, 0.29) is 0 Å². The van der Waals surface area contributed by atoms with Crippen molar-refractivity contribution in [1.29, 1.82) is 0 Å². The van der Waals surface area contributed by atoms with E-state index in [4.69, 9.17) is 5.84 Å². The fraction of sp³-hybridized carbons (Fsp3) is 0.727. The number of hydrazine groups is 1. The Bertz CT molecular complexity index is 392. The Balaban J connectivity index is 1.89. The summed E-state index contributed by atoms with van der Waals surface area (Å²) < 4.78 is 1.85. The van der Waals surface area contributed by atoms with Gasteiger partial charge in [0.15, 0.2) is 5.82 Å². The van der Waals surface area contributed by atoms with Gasteiger partial charge in [-0.1, -0.05) is 19.3 Å². The molecule has 1 aliphatic rings. The Hall–Kier alpha value is -1.63. The summed E-state index contributed by atoms with van der Waals surface area (Å²) in [5.74, 6) is 6.92. The van der Waals surface area contributed by atoms with Crippen LogP contribution in [0.1, 0.15) is 37.9 Å². The molecule has 0 amide bonds. The maximum absolute atomic E-state index is 5.48. The Morgan fingerprint density at radius 3 is 2.89 bits per heavy atom. The van der Waals surface area contributed by atoms with E-state index in [9.17, 15) is 0 Å². The Labute approximate surface area is 107 Å². The molecule has 0 aliphatic heterocycles. The third-order valence-corrected chi connectivity index (χ3v) is 3.27. The quantitative estimate of drug-likeness (QED) is 0.306. The highest BCUT2D eigenvalue weighted by molar-refractivity contribution is 5.79. The molecule has 4 N–H and O–H groups in total. The molecule has 0 bridgehead atoms. The summed E-state index contributed by atoms with van der Waals surface area (Å²) in [7, 11) is 1.90. The first kappa shape index (κ1) is 12.8. The number of nitrogens with zero attached hydrogens (tertiary/aromatic N) is 4. The maximum Gasteiger partial charge on any atom is 0.206 e. The van der Waals surface area contributed by atoms with E-state index in [0.29, 0.717) is 18.5 Å². The van der Waals surface area contributed by atoms with Gasteiger partial charge in [-0.25, -0.2) is 10.8 Å². The van der Waals surface area contributed by atoms with Crippen LogP contribution in [0.25, 0.3) is 0 Å². The van der Waals surface area contributed by atoms with Crippen LogP contribution in [-0.2, 0) is 13.6 Å². The number of hydrogen-bond donors (Lipinski definition) is 3. The molecular weight excluding hydrogens is 230 g/mol. The van der Waals surface area contributed by atoms with Crippen molar-refractivity contribution in [3.05, 3.63) is 12.2 Å². The smallest absolute Gasteiger partial charge is 0.206 e. The van der Waals surface area contributed by atoms with Gasteiger partial charge in [0.2, 0.25) is 5.96 Å². The minimum atomic E-state index is 0.468. The number of aliphatic imine (C=N–C) groups is 1. The van der Waals surface area contributed by atoms with Crippen LogP contribution in [0.2, 0.25) is 0 Å². The predicted molar refractivity (Wildman–Crippen MR) is 69.5 cm³/mol. The number of aryl methyl sites for hydroxylation is 1. The molecule has 0 spiro atoms. The monoisotopic (exact) mass is 251 g/mol. The number of nitrogens with one attached hydrogen (secondary N) is 2. The van der Waals surface area contributed by atoms with Crippen molar-refractivity contribution in [1.82, 2.24) is 25.5 Å². The third-order valence-electron chi connectivity index (χ3n) is 3.27. The molecule has 7 heteroatoms. The van der Waals surface area contributed by atoms with Gasteiger partial charge in [-0.15, -0.1) is 10.2 Å². The molecular formula is C11H21N7. The molecule has 0 aromatic carbocycles. The molecule has 1 saturated carbocycles. The van der Waals surface area contributed by atoms with Crippen LogP contribution in [0.5, 0.6) is 0 Å². The lowest BCUT2D eigenvalue weighted by molar-refractivity contribution is 0.410. The predicted octanol–water partition coefficient (Wildman–Crippen LogP) is 0.0567. The van der Waals surface area contributed by atoms with Crippen molar-refractivity contribution < 1.29 is 0 Å². The second-order valence-electron chi connectivity index (χ2n) is 4.65. The van der Waals surface area contributed by atoms with Crippen LogP contribution >= 0.6 is 0 Å². The zero-order chi connectivity index (χ0) is 12.8. The molecule has 1 fully saturated rings. The minimum Gasteiger partial charge on any atom is -0.353 e. The van der Waals surface area contributed by atoms with Gasteiger partial charge in [0.1, 0.15) is 12.9 Å². The Morgan fingerprint density at radius 2 is 2.28 bits per heavy atom. The van der Waals surface area contributed by atoms with E-state index in [2.05, 4.69) is 25.9 Å². The molecule has 7 nitrogen and oxygen atoms in total. The first-order valence-corrected chi connectivity index (χ1v) is 6.40. The number of guanidine groups is 1. The highest BCUT2D eigenvalue weighted by Crippen LogP contribution is 2.17. The van der Waals surface area contributed by atoms with Crippen LogP contribution in [0.15, 0.2) is 11.3 Å². The van der Waals surface area contributed by atoms with Crippen LogP contribution in [0, 0.1) is 0 Å². The lowest BCUT2D eigenvalue weighted by Gasteiger charge is -2.24. The van der Waals surface area contributed by atoms with Crippen LogP contribution in [-0.4, -0.2) is 26.8 Å². The molecule has 1 aromatic heterocycles. The zero-order valence-electron chi connectivity index (χ0n) is 10.8. The highest BCUT2D eigenvalue weighted by atomic mass is 15.3. The third kappa shape index (κ3) is 3.43. The van der Waals surface area contributed by atoms with E-state index in [1.165, 1.54) is 32.1 Å². The fourth-order valence-corrected chi connectivity index (χ4v) is 2.17. The average molecular weight is 251 g/mol. The number of rotatable bonds is 3. The SMILES string of the molecule is Cn1cnnc1CN=C(NN)NC1CCCCC1. The van der Waals surface area contributed by atoms with Crippen LogP contribution < -0.4 is 16.6 Å². The number of aromatic nitrogens is 3. The molecule has 0 radical (unpaired) electrons. The average Bonchev–Trinajstić information content (AvgIpc) is 2.81. The zero-order valence-corrected chi connectivity index (χ0v) is 10.8. The summed E-state index contributed by atoms with van der Waals surface area (Å²) in [5, 5.41) is 11.1. The topological polar surface area (TPSA) is 93.2 Å². The van der Waals surface area contributed by atoms with E-state index >= 15 is 0 Å². The molecule has 1 aliphatic carbocycles.